The third-order valence-electron chi connectivity index (χ3n) is 3.24. The fourth-order valence-corrected chi connectivity index (χ4v) is 1.95. The molecule has 0 radical (unpaired) electrons. The summed E-state index contributed by atoms with van der Waals surface area (Å²) in [6, 6.07) is 0. The first-order valence-corrected chi connectivity index (χ1v) is 6.17. The zero-order valence-corrected chi connectivity index (χ0v) is 10.1. The molecule has 1 aliphatic carbocycles. The lowest BCUT2D eigenvalue weighted by molar-refractivity contribution is -0.122. The van der Waals surface area contributed by atoms with E-state index in [0.29, 0.717) is 25.4 Å². The van der Waals surface area contributed by atoms with E-state index >= 15 is 0 Å². The molecule has 0 atom stereocenters. The van der Waals surface area contributed by atoms with E-state index in [0.717, 1.165) is 12.8 Å². The van der Waals surface area contributed by atoms with Crippen LogP contribution < -0.4 is 5.32 Å². The topological polar surface area (TPSA) is 84.2 Å². The lowest BCUT2D eigenvalue weighted by Gasteiger charge is -2.24. The maximum absolute atomic E-state index is 11.5. The van der Waals surface area contributed by atoms with Crippen molar-refractivity contribution in [3.63, 3.8) is 0 Å². The molecule has 98 valence electrons. The molecule has 0 bridgehead atoms. The van der Waals surface area contributed by atoms with Crippen molar-refractivity contribution >= 4 is 11.9 Å². The molecule has 18 heavy (non-hydrogen) atoms. The molecule has 1 heterocycles. The molecule has 0 unspecified atom stereocenters. The van der Waals surface area contributed by atoms with E-state index in [9.17, 15) is 9.59 Å². The standard InChI is InChI=1S/C12H17N3O3/c16-11(6-9-2-1-3-9)13-4-5-15-7-10(12(17)18)14-8-15/h7-9H,1-6H2,(H,13,16)(H,17,18). The first kappa shape index (κ1) is 12.6. The number of aromatic carboxylic acids is 1. The van der Waals surface area contributed by atoms with Crippen molar-refractivity contribution in [2.75, 3.05) is 6.54 Å². The summed E-state index contributed by atoms with van der Waals surface area (Å²) in [7, 11) is 0. The van der Waals surface area contributed by atoms with Gasteiger partial charge in [0.05, 0.1) is 6.33 Å². The first-order chi connectivity index (χ1) is 8.65. The smallest absolute Gasteiger partial charge is 0.356 e. The van der Waals surface area contributed by atoms with Crippen LogP contribution in [-0.2, 0) is 11.3 Å². The average molecular weight is 251 g/mol. The molecule has 1 aliphatic rings. The molecule has 2 rings (SSSR count). The summed E-state index contributed by atoms with van der Waals surface area (Å²) in [5.41, 5.74) is 0.0239. The average Bonchev–Trinajstić information content (AvgIpc) is 2.72. The highest BCUT2D eigenvalue weighted by molar-refractivity contribution is 5.84. The summed E-state index contributed by atoms with van der Waals surface area (Å²) in [6.45, 7) is 1.04. The number of imidazole rings is 1. The van der Waals surface area contributed by atoms with Crippen molar-refractivity contribution in [2.24, 2.45) is 5.92 Å². The minimum Gasteiger partial charge on any atom is -0.476 e. The maximum atomic E-state index is 11.5. The number of rotatable bonds is 6. The second kappa shape index (κ2) is 5.66. The Kier molecular flexibility index (Phi) is 3.96. The largest absolute Gasteiger partial charge is 0.476 e. The predicted molar refractivity (Wildman–Crippen MR) is 64.2 cm³/mol. The van der Waals surface area contributed by atoms with Gasteiger partial charge in [0.2, 0.25) is 5.91 Å². The third-order valence-corrected chi connectivity index (χ3v) is 3.24. The number of aromatic nitrogens is 2. The van der Waals surface area contributed by atoms with E-state index < -0.39 is 5.97 Å². The zero-order valence-electron chi connectivity index (χ0n) is 10.1. The molecule has 1 amide bonds. The van der Waals surface area contributed by atoms with Crippen LogP contribution in [0.4, 0.5) is 0 Å². The number of carboxylic acids is 1. The van der Waals surface area contributed by atoms with Gasteiger partial charge in [-0.2, -0.15) is 0 Å². The van der Waals surface area contributed by atoms with Crippen molar-refractivity contribution in [3.8, 4) is 0 Å². The van der Waals surface area contributed by atoms with Crippen LogP contribution >= 0.6 is 0 Å². The molecule has 2 N–H and O–H groups in total. The molecule has 6 heteroatoms. The Morgan fingerprint density at radius 3 is 2.83 bits per heavy atom. The van der Waals surface area contributed by atoms with Crippen LogP contribution in [-0.4, -0.2) is 33.1 Å². The number of hydrogen-bond donors (Lipinski definition) is 2. The molecule has 0 aliphatic heterocycles. The van der Waals surface area contributed by atoms with E-state index in [1.807, 2.05) is 0 Å². The lowest BCUT2D eigenvalue weighted by Crippen LogP contribution is -2.30. The van der Waals surface area contributed by atoms with E-state index in [4.69, 9.17) is 5.11 Å². The highest BCUT2D eigenvalue weighted by Gasteiger charge is 2.20. The Morgan fingerprint density at radius 2 is 2.28 bits per heavy atom. The van der Waals surface area contributed by atoms with Crippen molar-refractivity contribution < 1.29 is 14.7 Å². The van der Waals surface area contributed by atoms with Crippen molar-refractivity contribution in [1.29, 1.82) is 0 Å². The van der Waals surface area contributed by atoms with Crippen LogP contribution in [0.1, 0.15) is 36.2 Å². The molecular formula is C12H17N3O3. The number of hydrogen-bond acceptors (Lipinski definition) is 3. The highest BCUT2D eigenvalue weighted by Crippen LogP contribution is 2.28. The summed E-state index contributed by atoms with van der Waals surface area (Å²) in [5, 5.41) is 11.5. The molecule has 1 fully saturated rings. The summed E-state index contributed by atoms with van der Waals surface area (Å²) >= 11 is 0. The number of carbonyl (C=O) groups is 2. The van der Waals surface area contributed by atoms with Crippen LogP contribution in [0.25, 0.3) is 0 Å². The zero-order chi connectivity index (χ0) is 13.0. The Hall–Kier alpha value is -1.85. The van der Waals surface area contributed by atoms with Gasteiger partial charge in [-0.25, -0.2) is 9.78 Å². The van der Waals surface area contributed by atoms with Crippen LogP contribution in [0.15, 0.2) is 12.5 Å². The van der Waals surface area contributed by atoms with Gasteiger partial charge in [-0.3, -0.25) is 4.79 Å². The van der Waals surface area contributed by atoms with Crippen molar-refractivity contribution in [2.45, 2.75) is 32.2 Å². The molecule has 0 saturated heterocycles. The maximum Gasteiger partial charge on any atom is 0.356 e. The van der Waals surface area contributed by atoms with Gasteiger partial charge in [0.1, 0.15) is 0 Å². The van der Waals surface area contributed by atoms with Gasteiger partial charge in [-0.05, 0) is 18.8 Å². The Labute approximate surface area is 105 Å². The number of carboxylic acid groups (broad SMARTS) is 1. The second-order valence-corrected chi connectivity index (χ2v) is 4.65. The summed E-state index contributed by atoms with van der Waals surface area (Å²) in [5.74, 6) is -0.391. The number of carbonyl (C=O) groups excluding carboxylic acids is 1. The monoisotopic (exact) mass is 251 g/mol. The quantitative estimate of drug-likeness (QED) is 0.786. The number of nitrogens with one attached hydrogen (secondary N) is 1. The van der Waals surface area contributed by atoms with Crippen molar-refractivity contribution in [3.05, 3.63) is 18.2 Å². The van der Waals surface area contributed by atoms with Crippen LogP contribution in [0.2, 0.25) is 0 Å². The fourth-order valence-electron chi connectivity index (χ4n) is 1.95. The van der Waals surface area contributed by atoms with Gasteiger partial charge in [0.15, 0.2) is 5.69 Å². The fraction of sp³-hybridized carbons (Fsp3) is 0.583. The van der Waals surface area contributed by atoms with E-state index in [2.05, 4.69) is 10.3 Å². The molecular weight excluding hydrogens is 234 g/mol. The van der Waals surface area contributed by atoms with Gasteiger partial charge < -0.3 is 15.0 Å². The van der Waals surface area contributed by atoms with Crippen molar-refractivity contribution in [1.82, 2.24) is 14.9 Å². The minimum absolute atomic E-state index is 0.0239. The SMILES string of the molecule is O=C(CC1CCC1)NCCn1cnc(C(=O)O)c1. The second-order valence-electron chi connectivity index (χ2n) is 4.65. The summed E-state index contributed by atoms with van der Waals surface area (Å²) in [4.78, 5) is 25.9. The molecule has 1 saturated carbocycles. The van der Waals surface area contributed by atoms with E-state index in [-0.39, 0.29) is 11.6 Å². The first-order valence-electron chi connectivity index (χ1n) is 6.17. The third kappa shape index (κ3) is 3.32. The van der Waals surface area contributed by atoms with Crippen LogP contribution in [0, 0.1) is 5.92 Å². The molecule has 1 aromatic heterocycles. The van der Waals surface area contributed by atoms with Gasteiger partial charge in [0.25, 0.3) is 0 Å². The molecule has 6 nitrogen and oxygen atoms in total. The highest BCUT2D eigenvalue weighted by atomic mass is 16.4. The lowest BCUT2D eigenvalue weighted by atomic mass is 9.83. The minimum atomic E-state index is -1.04. The normalized spacial score (nSPS) is 15.1. The number of nitrogens with zero attached hydrogens (tertiary/aromatic N) is 2. The van der Waals surface area contributed by atoms with Crippen LogP contribution in [0.5, 0.6) is 0 Å². The molecule has 1 aromatic rings. The van der Waals surface area contributed by atoms with Gasteiger partial charge in [-0.1, -0.05) is 6.42 Å². The van der Waals surface area contributed by atoms with E-state index in [1.54, 1.807) is 4.57 Å². The van der Waals surface area contributed by atoms with Gasteiger partial charge in [-0.15, -0.1) is 0 Å². The Bertz CT molecular complexity index is 438. The summed E-state index contributed by atoms with van der Waals surface area (Å²) in [6.07, 6.45) is 7.10. The van der Waals surface area contributed by atoms with E-state index in [1.165, 1.54) is 18.9 Å². The summed E-state index contributed by atoms with van der Waals surface area (Å²) < 4.78 is 1.66. The van der Waals surface area contributed by atoms with Gasteiger partial charge >= 0.3 is 5.97 Å². The van der Waals surface area contributed by atoms with Crippen LogP contribution in [0.3, 0.4) is 0 Å². The Balaban J connectivity index is 1.67. The Morgan fingerprint density at radius 1 is 1.50 bits per heavy atom. The number of amides is 1. The van der Waals surface area contributed by atoms with Gasteiger partial charge in [0, 0.05) is 25.7 Å². The molecule has 0 aromatic carbocycles. The predicted octanol–water partition coefficient (Wildman–Crippen LogP) is 0.888. The molecule has 0 spiro atoms.